The lowest BCUT2D eigenvalue weighted by Crippen LogP contribution is -2.24. The van der Waals surface area contributed by atoms with Crippen LogP contribution in [0.25, 0.3) is 11.0 Å². The van der Waals surface area contributed by atoms with Gasteiger partial charge in [-0.15, -0.1) is 6.58 Å². The van der Waals surface area contributed by atoms with Crippen LogP contribution in [0.3, 0.4) is 0 Å². The van der Waals surface area contributed by atoms with Crippen LogP contribution in [0.2, 0.25) is 0 Å². The third-order valence-corrected chi connectivity index (χ3v) is 6.68. The fourth-order valence-electron chi connectivity index (χ4n) is 4.91. The first-order chi connectivity index (χ1) is 17.7. The van der Waals surface area contributed by atoms with E-state index in [9.17, 15) is 4.79 Å². The number of hydrogen-bond acceptors (Lipinski definition) is 4. The molecular weight excluding hydrogens is 450 g/mol. The van der Waals surface area contributed by atoms with Crippen LogP contribution in [0, 0.1) is 0 Å². The molecule has 6 nitrogen and oxygen atoms in total. The molecule has 0 N–H and O–H groups in total. The highest BCUT2D eigenvalue weighted by atomic mass is 16.5. The third-order valence-electron chi connectivity index (χ3n) is 6.68. The summed E-state index contributed by atoms with van der Waals surface area (Å²) in [5.41, 5.74) is 4.08. The Hall–Kier alpha value is -4.06. The van der Waals surface area contributed by atoms with Crippen LogP contribution in [0.4, 0.5) is 5.69 Å². The van der Waals surface area contributed by atoms with Crippen molar-refractivity contribution in [1.29, 1.82) is 0 Å². The topological polar surface area (TPSA) is 56.6 Å². The number of methoxy groups -OCH3 is 1. The van der Waals surface area contributed by atoms with E-state index >= 15 is 0 Å². The first-order valence-corrected chi connectivity index (χ1v) is 12.4. The van der Waals surface area contributed by atoms with Crippen molar-refractivity contribution in [3.63, 3.8) is 0 Å². The van der Waals surface area contributed by atoms with E-state index in [2.05, 4.69) is 23.3 Å². The maximum atomic E-state index is 13.0. The van der Waals surface area contributed by atoms with Gasteiger partial charge in [-0.05, 0) is 60.9 Å². The predicted molar refractivity (Wildman–Crippen MR) is 143 cm³/mol. The molecule has 1 fully saturated rings. The van der Waals surface area contributed by atoms with E-state index in [-0.39, 0.29) is 11.8 Å². The zero-order chi connectivity index (χ0) is 24.9. The largest absolute Gasteiger partial charge is 0.497 e. The second-order valence-electron chi connectivity index (χ2n) is 9.02. The summed E-state index contributed by atoms with van der Waals surface area (Å²) in [5, 5.41) is 0. The van der Waals surface area contributed by atoms with Gasteiger partial charge in [0.25, 0.3) is 0 Å². The van der Waals surface area contributed by atoms with Gasteiger partial charge in [0.15, 0.2) is 0 Å². The van der Waals surface area contributed by atoms with Gasteiger partial charge in [0.1, 0.15) is 17.3 Å². The van der Waals surface area contributed by atoms with E-state index < -0.39 is 0 Å². The van der Waals surface area contributed by atoms with Crippen LogP contribution in [-0.4, -0.2) is 35.7 Å². The van der Waals surface area contributed by atoms with Crippen LogP contribution in [-0.2, 0) is 17.8 Å². The summed E-state index contributed by atoms with van der Waals surface area (Å²) in [7, 11) is 1.64. The molecule has 36 heavy (non-hydrogen) atoms. The second-order valence-corrected chi connectivity index (χ2v) is 9.02. The highest BCUT2D eigenvalue weighted by Crippen LogP contribution is 2.34. The molecule has 1 saturated heterocycles. The van der Waals surface area contributed by atoms with Gasteiger partial charge in [0.2, 0.25) is 5.91 Å². The molecule has 0 spiro atoms. The summed E-state index contributed by atoms with van der Waals surface area (Å²) in [6.45, 7) is 5.82. The number of carbonyl (C=O) groups excluding carboxylic acids is 1. The van der Waals surface area contributed by atoms with E-state index in [4.69, 9.17) is 14.5 Å². The number of benzene rings is 3. The third kappa shape index (κ3) is 4.85. The van der Waals surface area contributed by atoms with Crippen molar-refractivity contribution in [3.8, 4) is 11.5 Å². The molecule has 6 heteroatoms. The lowest BCUT2D eigenvalue weighted by atomic mass is 10.1. The predicted octanol–water partition coefficient (Wildman–Crippen LogP) is 5.76. The number of carbonyl (C=O) groups is 1. The SMILES string of the molecule is C=CCc1ccccc1OCCCn1c(C2CC(=O)N(c3ccc(OC)cc3)C2)nc2ccccc21. The van der Waals surface area contributed by atoms with Crippen molar-refractivity contribution >= 4 is 22.6 Å². The van der Waals surface area contributed by atoms with Gasteiger partial charge < -0.3 is 18.9 Å². The fraction of sp³-hybridized carbons (Fsp3) is 0.267. The lowest BCUT2D eigenvalue weighted by molar-refractivity contribution is -0.117. The fourth-order valence-corrected chi connectivity index (χ4v) is 4.91. The Morgan fingerprint density at radius 3 is 2.64 bits per heavy atom. The maximum Gasteiger partial charge on any atom is 0.227 e. The molecule has 1 aromatic heterocycles. The number of anilines is 1. The maximum absolute atomic E-state index is 13.0. The molecular formula is C30H31N3O3. The zero-order valence-corrected chi connectivity index (χ0v) is 20.6. The molecule has 3 aromatic carbocycles. The van der Waals surface area contributed by atoms with Crippen molar-refractivity contribution in [3.05, 3.63) is 96.8 Å². The van der Waals surface area contributed by atoms with Gasteiger partial charge >= 0.3 is 0 Å². The molecule has 1 aliphatic heterocycles. The number of aromatic nitrogens is 2. The minimum atomic E-state index is 0.0289. The average molecular weight is 482 g/mol. The molecule has 0 bridgehead atoms. The monoisotopic (exact) mass is 481 g/mol. The van der Waals surface area contributed by atoms with Crippen molar-refractivity contribution in [2.24, 2.45) is 0 Å². The zero-order valence-electron chi connectivity index (χ0n) is 20.6. The lowest BCUT2D eigenvalue weighted by Gasteiger charge is -2.18. The quantitative estimate of drug-likeness (QED) is 0.213. The van der Waals surface area contributed by atoms with Gasteiger partial charge in [-0.2, -0.15) is 0 Å². The van der Waals surface area contributed by atoms with Gasteiger partial charge in [0, 0.05) is 31.1 Å². The van der Waals surface area contributed by atoms with Gasteiger partial charge in [-0.1, -0.05) is 36.4 Å². The van der Waals surface area contributed by atoms with Crippen LogP contribution >= 0.6 is 0 Å². The van der Waals surface area contributed by atoms with Gasteiger partial charge in [-0.25, -0.2) is 4.98 Å². The number of hydrogen-bond donors (Lipinski definition) is 0. The van der Waals surface area contributed by atoms with E-state index in [0.29, 0.717) is 19.6 Å². The Balaban J connectivity index is 1.32. The Kier molecular flexibility index (Phi) is 7.03. The van der Waals surface area contributed by atoms with Crippen LogP contribution in [0.15, 0.2) is 85.5 Å². The average Bonchev–Trinajstić information content (AvgIpc) is 3.48. The number of imidazole rings is 1. The first-order valence-electron chi connectivity index (χ1n) is 12.4. The highest BCUT2D eigenvalue weighted by Gasteiger charge is 2.34. The number of para-hydroxylation sites is 3. The van der Waals surface area contributed by atoms with Gasteiger partial charge in [-0.3, -0.25) is 4.79 Å². The molecule has 1 atom stereocenters. The molecule has 1 amide bonds. The number of ether oxygens (including phenoxy) is 2. The minimum absolute atomic E-state index is 0.0289. The number of aryl methyl sites for hydroxylation is 1. The molecule has 0 radical (unpaired) electrons. The number of allylic oxidation sites excluding steroid dienone is 1. The van der Waals surface area contributed by atoms with Crippen molar-refractivity contribution in [2.45, 2.75) is 31.7 Å². The summed E-state index contributed by atoms with van der Waals surface area (Å²) in [5.74, 6) is 2.79. The molecule has 0 aliphatic carbocycles. The first kappa shape index (κ1) is 23.7. The summed E-state index contributed by atoms with van der Waals surface area (Å²) in [4.78, 5) is 19.8. The summed E-state index contributed by atoms with van der Waals surface area (Å²) in [6.07, 6.45) is 3.95. The normalized spacial score (nSPS) is 15.4. The molecule has 1 aliphatic rings. The van der Waals surface area contributed by atoms with Gasteiger partial charge in [0.05, 0.1) is 24.8 Å². The molecule has 5 rings (SSSR count). The highest BCUT2D eigenvalue weighted by molar-refractivity contribution is 5.96. The summed E-state index contributed by atoms with van der Waals surface area (Å²) < 4.78 is 13.7. The smallest absolute Gasteiger partial charge is 0.227 e. The Morgan fingerprint density at radius 2 is 1.83 bits per heavy atom. The van der Waals surface area contributed by atoms with E-state index in [1.807, 2.05) is 71.6 Å². The molecule has 0 saturated carbocycles. The Labute approximate surface area is 211 Å². The molecule has 1 unspecified atom stereocenters. The van der Waals surface area contributed by atoms with E-state index in [1.165, 1.54) is 0 Å². The van der Waals surface area contributed by atoms with Crippen LogP contribution in [0.5, 0.6) is 11.5 Å². The van der Waals surface area contributed by atoms with E-state index in [1.54, 1.807) is 7.11 Å². The van der Waals surface area contributed by atoms with Crippen LogP contribution in [0.1, 0.15) is 30.1 Å². The molecule has 184 valence electrons. The number of fused-ring (bicyclic) bond motifs is 1. The summed E-state index contributed by atoms with van der Waals surface area (Å²) in [6, 6.07) is 23.9. The minimum Gasteiger partial charge on any atom is -0.497 e. The van der Waals surface area contributed by atoms with Crippen molar-refractivity contribution in [2.75, 3.05) is 25.2 Å². The molecule has 2 heterocycles. The van der Waals surface area contributed by atoms with Crippen LogP contribution < -0.4 is 14.4 Å². The number of amides is 1. The van der Waals surface area contributed by atoms with E-state index in [0.717, 1.165) is 59.0 Å². The standard InChI is InChI=1S/C30H31N3O3/c1-3-9-22-10-4-7-13-28(22)36-19-8-18-32-27-12-6-5-11-26(27)31-30(32)23-20-29(34)33(21-23)24-14-16-25(35-2)17-15-24/h3-7,10-17,23H,1,8-9,18-21H2,2H3. The van der Waals surface area contributed by atoms with Crippen molar-refractivity contribution < 1.29 is 14.3 Å². The number of rotatable bonds is 10. The van der Waals surface area contributed by atoms with Crippen molar-refractivity contribution in [1.82, 2.24) is 9.55 Å². The summed E-state index contributed by atoms with van der Waals surface area (Å²) >= 11 is 0. The second kappa shape index (κ2) is 10.7. The Morgan fingerprint density at radius 1 is 1.06 bits per heavy atom. The number of nitrogens with zero attached hydrogens (tertiary/aromatic N) is 3. The molecule has 4 aromatic rings. The Bertz CT molecular complexity index is 1360.